The highest BCUT2D eigenvalue weighted by Crippen LogP contribution is 2.25. The van der Waals surface area contributed by atoms with E-state index in [1.165, 1.54) is 0 Å². The molecule has 0 aliphatic carbocycles. The Morgan fingerprint density at radius 2 is 2.11 bits per heavy atom. The van der Waals surface area contributed by atoms with Gasteiger partial charge in [-0.05, 0) is 44.2 Å². The van der Waals surface area contributed by atoms with Gasteiger partial charge in [-0.2, -0.15) is 0 Å². The third kappa shape index (κ3) is 2.97. The van der Waals surface area contributed by atoms with Gasteiger partial charge in [-0.25, -0.2) is 0 Å². The van der Waals surface area contributed by atoms with E-state index in [4.69, 9.17) is 4.42 Å². The van der Waals surface area contributed by atoms with Crippen molar-refractivity contribution in [3.63, 3.8) is 0 Å². The molecule has 1 aromatic carbocycles. The fourth-order valence-electron chi connectivity index (χ4n) is 1.78. The molecule has 96 valence electrons. The summed E-state index contributed by atoms with van der Waals surface area (Å²) < 4.78 is 6.70. The zero-order valence-corrected chi connectivity index (χ0v) is 12.3. The zero-order chi connectivity index (χ0) is 13.1. The van der Waals surface area contributed by atoms with E-state index in [-0.39, 0.29) is 6.04 Å². The van der Waals surface area contributed by atoms with Crippen molar-refractivity contribution in [1.82, 2.24) is 15.5 Å². The number of nitrogens with zero attached hydrogens (tertiary/aromatic N) is 2. The molecule has 4 nitrogen and oxygen atoms in total. The third-order valence-corrected chi connectivity index (χ3v) is 3.07. The van der Waals surface area contributed by atoms with Crippen LogP contribution in [0.15, 0.2) is 27.1 Å². The van der Waals surface area contributed by atoms with Gasteiger partial charge in [-0.1, -0.05) is 22.9 Å². The highest BCUT2D eigenvalue weighted by atomic mass is 79.9. The van der Waals surface area contributed by atoms with Crippen molar-refractivity contribution in [3.05, 3.63) is 34.1 Å². The normalized spacial score (nSPS) is 12.7. The van der Waals surface area contributed by atoms with Crippen molar-refractivity contribution in [1.29, 1.82) is 0 Å². The van der Waals surface area contributed by atoms with Crippen LogP contribution < -0.4 is 5.32 Å². The number of aryl methyl sites for hydroxylation is 1. The number of hydrogen-bond acceptors (Lipinski definition) is 4. The van der Waals surface area contributed by atoms with E-state index in [0.717, 1.165) is 22.1 Å². The minimum atomic E-state index is 0.0736. The summed E-state index contributed by atoms with van der Waals surface area (Å²) in [5.41, 5.74) is 2.09. The first-order valence-electron chi connectivity index (χ1n) is 5.94. The number of benzene rings is 1. The molecule has 0 saturated heterocycles. The van der Waals surface area contributed by atoms with Gasteiger partial charge in [0.25, 0.3) is 0 Å². The van der Waals surface area contributed by atoms with Crippen LogP contribution in [0.5, 0.6) is 0 Å². The minimum absolute atomic E-state index is 0.0736. The molecule has 0 aliphatic rings. The smallest absolute Gasteiger partial charge is 0.247 e. The lowest BCUT2D eigenvalue weighted by atomic mass is 10.1. The lowest BCUT2D eigenvalue weighted by Crippen LogP contribution is -2.17. The lowest BCUT2D eigenvalue weighted by molar-refractivity contribution is 0.429. The van der Waals surface area contributed by atoms with Crippen LogP contribution in [-0.4, -0.2) is 16.7 Å². The molecule has 1 N–H and O–H groups in total. The Morgan fingerprint density at radius 1 is 1.33 bits per heavy atom. The fourth-order valence-corrected chi connectivity index (χ4v) is 2.39. The van der Waals surface area contributed by atoms with Gasteiger partial charge in [0.15, 0.2) is 0 Å². The van der Waals surface area contributed by atoms with Gasteiger partial charge < -0.3 is 9.73 Å². The van der Waals surface area contributed by atoms with Crippen molar-refractivity contribution in [2.24, 2.45) is 0 Å². The summed E-state index contributed by atoms with van der Waals surface area (Å²) in [6.45, 7) is 6.96. The summed E-state index contributed by atoms with van der Waals surface area (Å²) in [5, 5.41) is 11.4. The molecule has 1 atom stereocenters. The number of rotatable bonds is 4. The number of aromatic nitrogens is 2. The van der Waals surface area contributed by atoms with Crippen molar-refractivity contribution in [3.8, 4) is 11.5 Å². The Balaban J connectivity index is 2.29. The third-order valence-electron chi connectivity index (χ3n) is 2.61. The van der Waals surface area contributed by atoms with Gasteiger partial charge in [0.2, 0.25) is 11.8 Å². The van der Waals surface area contributed by atoms with Crippen LogP contribution in [0.1, 0.15) is 31.3 Å². The Kier molecular flexibility index (Phi) is 4.14. The maximum atomic E-state index is 5.69. The molecule has 1 aromatic heterocycles. The molecule has 2 rings (SSSR count). The maximum absolute atomic E-state index is 5.69. The van der Waals surface area contributed by atoms with E-state index in [2.05, 4.69) is 31.4 Å². The number of nitrogens with one attached hydrogen (secondary N) is 1. The average Bonchev–Trinajstić information content (AvgIpc) is 2.77. The summed E-state index contributed by atoms with van der Waals surface area (Å²) in [4.78, 5) is 0. The zero-order valence-electron chi connectivity index (χ0n) is 10.7. The van der Waals surface area contributed by atoms with Gasteiger partial charge in [0, 0.05) is 10.0 Å². The topological polar surface area (TPSA) is 51.0 Å². The van der Waals surface area contributed by atoms with Crippen molar-refractivity contribution in [2.45, 2.75) is 26.8 Å². The Bertz CT molecular complexity index is 519. The molecule has 0 spiro atoms. The van der Waals surface area contributed by atoms with E-state index in [1.807, 2.05) is 39.0 Å². The molecule has 1 heterocycles. The molecule has 1 unspecified atom stereocenters. The summed E-state index contributed by atoms with van der Waals surface area (Å²) in [6, 6.07) is 6.12. The Morgan fingerprint density at radius 3 is 2.78 bits per heavy atom. The van der Waals surface area contributed by atoms with E-state index in [1.54, 1.807) is 0 Å². The molecular weight excluding hydrogens is 294 g/mol. The number of hydrogen-bond donors (Lipinski definition) is 1. The second-order valence-electron chi connectivity index (χ2n) is 4.24. The number of halogens is 1. The second kappa shape index (κ2) is 5.63. The van der Waals surface area contributed by atoms with Crippen LogP contribution in [0.4, 0.5) is 0 Å². The van der Waals surface area contributed by atoms with Gasteiger partial charge in [0.05, 0.1) is 6.04 Å². The van der Waals surface area contributed by atoms with Crippen LogP contribution in [0.25, 0.3) is 11.5 Å². The largest absolute Gasteiger partial charge is 0.419 e. The molecule has 2 aromatic rings. The first-order valence-corrected chi connectivity index (χ1v) is 6.73. The maximum Gasteiger partial charge on any atom is 0.247 e. The van der Waals surface area contributed by atoms with Gasteiger partial charge in [-0.15, -0.1) is 10.2 Å². The summed E-state index contributed by atoms with van der Waals surface area (Å²) in [5.74, 6) is 1.17. The average molecular weight is 310 g/mol. The molecular formula is C13H16BrN3O. The standard InChI is InChI=1S/C13H16BrN3O/c1-4-15-9(3)12-16-17-13(18-12)10-5-8(2)6-11(14)7-10/h5-7,9,15H,4H2,1-3H3. The quantitative estimate of drug-likeness (QED) is 0.939. The van der Waals surface area contributed by atoms with E-state index in [0.29, 0.717) is 11.8 Å². The molecule has 0 radical (unpaired) electrons. The molecule has 0 bridgehead atoms. The fraction of sp³-hybridized carbons (Fsp3) is 0.385. The van der Waals surface area contributed by atoms with Gasteiger partial charge in [0.1, 0.15) is 0 Å². The van der Waals surface area contributed by atoms with Crippen molar-refractivity contribution in [2.75, 3.05) is 6.54 Å². The van der Waals surface area contributed by atoms with E-state index >= 15 is 0 Å². The first kappa shape index (κ1) is 13.2. The summed E-state index contributed by atoms with van der Waals surface area (Å²) >= 11 is 3.47. The molecule has 18 heavy (non-hydrogen) atoms. The van der Waals surface area contributed by atoms with Crippen LogP contribution in [-0.2, 0) is 0 Å². The predicted octanol–water partition coefficient (Wildman–Crippen LogP) is 3.48. The summed E-state index contributed by atoms with van der Waals surface area (Å²) in [7, 11) is 0. The van der Waals surface area contributed by atoms with Gasteiger partial charge in [-0.3, -0.25) is 0 Å². The predicted molar refractivity (Wildman–Crippen MR) is 74.3 cm³/mol. The van der Waals surface area contributed by atoms with Crippen molar-refractivity contribution < 1.29 is 4.42 Å². The van der Waals surface area contributed by atoms with Crippen molar-refractivity contribution >= 4 is 15.9 Å². The van der Waals surface area contributed by atoms with Crippen LogP contribution in [0, 0.1) is 6.92 Å². The van der Waals surface area contributed by atoms with Crippen LogP contribution in [0.2, 0.25) is 0 Å². The lowest BCUT2D eigenvalue weighted by Gasteiger charge is -2.05. The molecule has 5 heteroatoms. The Labute approximate surface area is 115 Å². The van der Waals surface area contributed by atoms with E-state index < -0.39 is 0 Å². The second-order valence-corrected chi connectivity index (χ2v) is 5.16. The van der Waals surface area contributed by atoms with Gasteiger partial charge >= 0.3 is 0 Å². The molecule has 0 fully saturated rings. The molecule has 0 saturated carbocycles. The summed E-state index contributed by atoms with van der Waals surface area (Å²) in [6.07, 6.45) is 0. The first-order chi connectivity index (χ1) is 8.60. The minimum Gasteiger partial charge on any atom is -0.419 e. The SMILES string of the molecule is CCNC(C)c1nnc(-c2cc(C)cc(Br)c2)o1. The monoisotopic (exact) mass is 309 g/mol. The highest BCUT2D eigenvalue weighted by molar-refractivity contribution is 9.10. The van der Waals surface area contributed by atoms with E-state index in [9.17, 15) is 0 Å². The Hall–Kier alpha value is -1.20. The molecule has 0 amide bonds. The van der Waals surface area contributed by atoms with Crippen LogP contribution >= 0.6 is 15.9 Å². The molecule has 0 aliphatic heterocycles. The van der Waals surface area contributed by atoms with Crippen LogP contribution in [0.3, 0.4) is 0 Å². The highest BCUT2D eigenvalue weighted by Gasteiger charge is 2.14.